The molecular weight excluding hydrogens is 256 g/mol. The quantitative estimate of drug-likeness (QED) is 0.917. The Kier molecular flexibility index (Phi) is 4.88. The summed E-state index contributed by atoms with van der Waals surface area (Å²) in [6.07, 6.45) is 3.48. The molecule has 0 aromatic heterocycles. The monoisotopic (exact) mass is 280 g/mol. The van der Waals surface area contributed by atoms with Crippen LogP contribution in [0.4, 0.5) is 0 Å². The molecular formula is C16H25ClN2. The maximum Gasteiger partial charge on any atom is 0.0438 e. The van der Waals surface area contributed by atoms with Crippen molar-refractivity contribution in [1.82, 2.24) is 4.90 Å². The summed E-state index contributed by atoms with van der Waals surface area (Å²) in [7, 11) is 0. The Morgan fingerprint density at radius 1 is 1.32 bits per heavy atom. The van der Waals surface area contributed by atoms with Crippen LogP contribution >= 0.6 is 11.6 Å². The summed E-state index contributed by atoms with van der Waals surface area (Å²) in [5, 5.41) is 0.854. The van der Waals surface area contributed by atoms with E-state index in [0.717, 1.165) is 30.5 Å². The first-order chi connectivity index (χ1) is 9.05. The summed E-state index contributed by atoms with van der Waals surface area (Å²) >= 11 is 6.29. The van der Waals surface area contributed by atoms with Gasteiger partial charge in [0.05, 0.1) is 0 Å². The third-order valence-corrected chi connectivity index (χ3v) is 4.88. The molecule has 0 bridgehead atoms. The Balaban J connectivity index is 2.12. The Bertz CT molecular complexity index is 413. The van der Waals surface area contributed by atoms with Gasteiger partial charge < -0.3 is 5.73 Å². The average Bonchev–Trinajstić information content (AvgIpc) is 2.42. The minimum absolute atomic E-state index is 0.0190. The van der Waals surface area contributed by atoms with E-state index in [-0.39, 0.29) is 5.54 Å². The molecule has 0 radical (unpaired) electrons. The molecule has 0 amide bonds. The van der Waals surface area contributed by atoms with E-state index in [2.05, 4.69) is 30.9 Å². The lowest BCUT2D eigenvalue weighted by atomic mass is 9.87. The lowest BCUT2D eigenvalue weighted by Gasteiger charge is -2.44. The number of piperidine rings is 1. The van der Waals surface area contributed by atoms with Gasteiger partial charge in [-0.1, -0.05) is 36.7 Å². The number of halogens is 1. The molecule has 19 heavy (non-hydrogen) atoms. The van der Waals surface area contributed by atoms with Crippen LogP contribution in [0.2, 0.25) is 5.02 Å². The molecule has 1 atom stereocenters. The Labute approximate surface area is 121 Å². The molecule has 1 aromatic rings. The van der Waals surface area contributed by atoms with Crippen molar-refractivity contribution in [3.05, 3.63) is 34.9 Å². The van der Waals surface area contributed by atoms with Crippen molar-refractivity contribution in [3.8, 4) is 0 Å². The summed E-state index contributed by atoms with van der Waals surface area (Å²) < 4.78 is 0. The number of rotatable bonds is 4. The molecule has 1 aliphatic rings. The van der Waals surface area contributed by atoms with Crippen LogP contribution in [0, 0.1) is 5.92 Å². The zero-order valence-corrected chi connectivity index (χ0v) is 12.8. The Morgan fingerprint density at radius 3 is 2.53 bits per heavy atom. The van der Waals surface area contributed by atoms with Gasteiger partial charge in [0.15, 0.2) is 0 Å². The molecule has 2 rings (SSSR count). The van der Waals surface area contributed by atoms with Crippen LogP contribution < -0.4 is 5.73 Å². The van der Waals surface area contributed by atoms with Gasteiger partial charge in [0, 0.05) is 17.1 Å². The van der Waals surface area contributed by atoms with Crippen molar-refractivity contribution in [1.29, 1.82) is 0 Å². The summed E-state index contributed by atoms with van der Waals surface area (Å²) in [6.45, 7) is 7.59. The molecule has 1 aromatic carbocycles. The molecule has 1 aliphatic heterocycles. The minimum atomic E-state index is 0.0190. The fraction of sp³-hybridized carbons (Fsp3) is 0.625. The highest BCUT2D eigenvalue weighted by atomic mass is 35.5. The average molecular weight is 281 g/mol. The van der Waals surface area contributed by atoms with Crippen molar-refractivity contribution in [2.75, 3.05) is 19.6 Å². The highest BCUT2D eigenvalue weighted by Crippen LogP contribution is 2.28. The van der Waals surface area contributed by atoms with Crippen LogP contribution in [-0.2, 0) is 6.42 Å². The fourth-order valence-electron chi connectivity index (χ4n) is 2.91. The second kappa shape index (κ2) is 6.25. The number of hydrogen-bond donors (Lipinski definition) is 1. The minimum Gasteiger partial charge on any atom is -0.329 e. The van der Waals surface area contributed by atoms with Gasteiger partial charge in [-0.25, -0.2) is 0 Å². The molecule has 1 unspecified atom stereocenters. The molecule has 2 N–H and O–H groups in total. The van der Waals surface area contributed by atoms with Gasteiger partial charge in [-0.3, -0.25) is 4.90 Å². The van der Waals surface area contributed by atoms with Gasteiger partial charge in [-0.15, -0.1) is 0 Å². The molecule has 3 heteroatoms. The maximum absolute atomic E-state index is 6.29. The molecule has 0 spiro atoms. The topological polar surface area (TPSA) is 29.3 Å². The third-order valence-electron chi connectivity index (χ3n) is 4.52. The van der Waals surface area contributed by atoms with Crippen LogP contribution in [0.25, 0.3) is 0 Å². The smallest absolute Gasteiger partial charge is 0.0438 e. The van der Waals surface area contributed by atoms with Gasteiger partial charge in [0.1, 0.15) is 0 Å². The molecule has 106 valence electrons. The van der Waals surface area contributed by atoms with E-state index >= 15 is 0 Å². The van der Waals surface area contributed by atoms with E-state index in [1.54, 1.807) is 0 Å². The number of hydrogen-bond acceptors (Lipinski definition) is 2. The lowest BCUT2D eigenvalue weighted by Crippen LogP contribution is -2.55. The van der Waals surface area contributed by atoms with E-state index in [1.165, 1.54) is 18.4 Å². The van der Waals surface area contributed by atoms with E-state index in [4.69, 9.17) is 17.3 Å². The van der Waals surface area contributed by atoms with E-state index < -0.39 is 0 Å². The van der Waals surface area contributed by atoms with E-state index in [1.807, 2.05) is 12.1 Å². The standard InChI is InChI=1S/C16H25ClN2/c1-13-7-9-19(10-8-13)16(2,12-18)11-14-5-3-4-6-15(14)17/h3-6,13H,7-12,18H2,1-2H3. The zero-order valence-electron chi connectivity index (χ0n) is 12.0. The molecule has 1 saturated heterocycles. The van der Waals surface area contributed by atoms with Crippen molar-refractivity contribution in [3.63, 3.8) is 0 Å². The molecule has 1 heterocycles. The molecule has 2 nitrogen and oxygen atoms in total. The van der Waals surface area contributed by atoms with Crippen LogP contribution in [0.1, 0.15) is 32.3 Å². The normalized spacial score (nSPS) is 21.3. The van der Waals surface area contributed by atoms with Crippen molar-refractivity contribution in [2.45, 2.75) is 38.6 Å². The first kappa shape index (κ1) is 14.8. The fourth-order valence-corrected chi connectivity index (χ4v) is 3.12. The largest absolute Gasteiger partial charge is 0.329 e. The van der Waals surface area contributed by atoms with Crippen LogP contribution in [-0.4, -0.2) is 30.1 Å². The van der Waals surface area contributed by atoms with Gasteiger partial charge in [-0.05, 0) is 56.8 Å². The lowest BCUT2D eigenvalue weighted by molar-refractivity contribution is 0.0709. The number of nitrogens with two attached hydrogens (primary N) is 1. The summed E-state index contributed by atoms with van der Waals surface area (Å²) in [6, 6.07) is 8.11. The van der Waals surface area contributed by atoms with Gasteiger partial charge in [0.2, 0.25) is 0 Å². The number of nitrogens with zero attached hydrogens (tertiary/aromatic N) is 1. The predicted molar refractivity (Wildman–Crippen MR) is 82.6 cm³/mol. The zero-order chi connectivity index (χ0) is 13.9. The SMILES string of the molecule is CC1CCN(C(C)(CN)Cc2ccccc2Cl)CC1. The Morgan fingerprint density at radius 2 is 1.95 bits per heavy atom. The first-order valence-electron chi connectivity index (χ1n) is 7.24. The maximum atomic E-state index is 6.29. The third kappa shape index (κ3) is 3.50. The molecule has 1 fully saturated rings. The highest BCUT2D eigenvalue weighted by Gasteiger charge is 2.33. The predicted octanol–water partition coefficient (Wildman–Crippen LogP) is 3.33. The van der Waals surface area contributed by atoms with Crippen molar-refractivity contribution in [2.24, 2.45) is 11.7 Å². The van der Waals surface area contributed by atoms with Gasteiger partial charge >= 0.3 is 0 Å². The summed E-state index contributed by atoms with van der Waals surface area (Å²) in [5.41, 5.74) is 7.31. The number of likely N-dealkylation sites (tertiary alicyclic amines) is 1. The highest BCUT2D eigenvalue weighted by molar-refractivity contribution is 6.31. The second-order valence-electron chi connectivity index (χ2n) is 6.14. The van der Waals surface area contributed by atoms with Gasteiger partial charge in [0.25, 0.3) is 0 Å². The number of benzene rings is 1. The first-order valence-corrected chi connectivity index (χ1v) is 7.61. The van der Waals surface area contributed by atoms with Crippen molar-refractivity contribution >= 4 is 11.6 Å². The van der Waals surface area contributed by atoms with Crippen molar-refractivity contribution < 1.29 is 0 Å². The van der Waals surface area contributed by atoms with Crippen LogP contribution in [0.15, 0.2) is 24.3 Å². The second-order valence-corrected chi connectivity index (χ2v) is 6.55. The van der Waals surface area contributed by atoms with Crippen LogP contribution in [0.3, 0.4) is 0 Å². The Hall–Kier alpha value is -0.570. The molecule has 0 aliphatic carbocycles. The van der Waals surface area contributed by atoms with E-state index in [0.29, 0.717) is 6.54 Å². The van der Waals surface area contributed by atoms with Gasteiger partial charge in [-0.2, -0.15) is 0 Å². The molecule has 0 saturated carbocycles. The van der Waals surface area contributed by atoms with E-state index in [9.17, 15) is 0 Å². The summed E-state index contributed by atoms with van der Waals surface area (Å²) in [4.78, 5) is 2.55. The summed E-state index contributed by atoms with van der Waals surface area (Å²) in [5.74, 6) is 0.846. The van der Waals surface area contributed by atoms with Crippen LogP contribution in [0.5, 0.6) is 0 Å².